The van der Waals surface area contributed by atoms with Gasteiger partial charge in [0.1, 0.15) is 5.76 Å². The topological polar surface area (TPSA) is 34.4 Å². The van der Waals surface area contributed by atoms with Gasteiger partial charge in [-0.15, -0.1) is 0 Å². The van der Waals surface area contributed by atoms with Crippen molar-refractivity contribution in [3.63, 3.8) is 0 Å². The molecule has 0 aliphatic carbocycles. The second kappa shape index (κ2) is 4.62. The van der Waals surface area contributed by atoms with Crippen molar-refractivity contribution in [3.8, 4) is 0 Å². The first-order valence-corrected chi connectivity index (χ1v) is 5.22. The quantitative estimate of drug-likeness (QED) is 0.799. The smallest absolute Gasteiger partial charge is 0.120 e. The Balaban J connectivity index is 1.93. The summed E-state index contributed by atoms with van der Waals surface area (Å²) >= 11 is 0. The van der Waals surface area contributed by atoms with Crippen molar-refractivity contribution in [2.75, 3.05) is 13.7 Å². The molecule has 1 aliphatic heterocycles. The Morgan fingerprint density at radius 1 is 1.64 bits per heavy atom. The van der Waals surface area contributed by atoms with E-state index in [1.807, 2.05) is 19.2 Å². The first kappa shape index (κ1) is 9.74. The Morgan fingerprint density at radius 3 is 3.14 bits per heavy atom. The Morgan fingerprint density at radius 2 is 2.57 bits per heavy atom. The number of rotatable bonds is 4. The van der Waals surface area contributed by atoms with Crippen molar-refractivity contribution < 1.29 is 9.15 Å². The molecule has 1 fully saturated rings. The van der Waals surface area contributed by atoms with Gasteiger partial charge in [0.25, 0.3) is 0 Å². The molecule has 2 unspecified atom stereocenters. The van der Waals surface area contributed by atoms with Gasteiger partial charge in [0.2, 0.25) is 0 Å². The molecule has 3 heteroatoms. The maximum atomic E-state index is 5.60. The van der Waals surface area contributed by atoms with Crippen LogP contribution in [0.3, 0.4) is 0 Å². The summed E-state index contributed by atoms with van der Waals surface area (Å²) in [6, 6.07) is 4.22. The van der Waals surface area contributed by atoms with Crippen molar-refractivity contribution in [2.45, 2.75) is 31.4 Å². The summed E-state index contributed by atoms with van der Waals surface area (Å²) < 4.78 is 11.0. The largest absolute Gasteiger partial charge is 0.468 e. The van der Waals surface area contributed by atoms with Crippen molar-refractivity contribution in [2.24, 2.45) is 0 Å². The van der Waals surface area contributed by atoms with Gasteiger partial charge >= 0.3 is 0 Å². The number of ether oxygens (including phenoxy) is 1. The van der Waals surface area contributed by atoms with Crippen LogP contribution in [-0.2, 0) is 4.74 Å². The van der Waals surface area contributed by atoms with Gasteiger partial charge in [0.05, 0.1) is 18.4 Å². The van der Waals surface area contributed by atoms with E-state index in [9.17, 15) is 0 Å². The predicted molar refractivity (Wildman–Crippen MR) is 54.1 cm³/mol. The van der Waals surface area contributed by atoms with E-state index in [1.165, 1.54) is 12.8 Å². The zero-order valence-electron chi connectivity index (χ0n) is 8.53. The minimum atomic E-state index is 0.285. The summed E-state index contributed by atoms with van der Waals surface area (Å²) in [6.45, 7) is 0.916. The van der Waals surface area contributed by atoms with Crippen LogP contribution in [0.4, 0.5) is 0 Å². The summed E-state index contributed by atoms with van der Waals surface area (Å²) in [7, 11) is 1.96. The molecule has 1 saturated heterocycles. The van der Waals surface area contributed by atoms with Crippen LogP contribution in [-0.4, -0.2) is 19.8 Å². The monoisotopic (exact) mass is 195 g/mol. The second-order valence-corrected chi connectivity index (χ2v) is 3.73. The molecule has 2 atom stereocenters. The third-order valence-electron chi connectivity index (χ3n) is 2.76. The second-order valence-electron chi connectivity index (χ2n) is 3.73. The average molecular weight is 195 g/mol. The molecular formula is C11H17NO2. The van der Waals surface area contributed by atoms with Crippen LogP contribution in [0.2, 0.25) is 0 Å². The fourth-order valence-corrected chi connectivity index (χ4v) is 1.96. The fourth-order valence-electron chi connectivity index (χ4n) is 1.96. The van der Waals surface area contributed by atoms with Gasteiger partial charge in [-0.3, -0.25) is 0 Å². The molecule has 1 N–H and O–H groups in total. The molecule has 0 spiro atoms. The molecule has 2 rings (SSSR count). The lowest BCUT2D eigenvalue weighted by atomic mass is 10.1. The van der Waals surface area contributed by atoms with Gasteiger partial charge in [0.15, 0.2) is 0 Å². The van der Waals surface area contributed by atoms with Crippen LogP contribution in [0.1, 0.15) is 31.1 Å². The predicted octanol–water partition coefficient (Wildman–Crippen LogP) is 2.11. The van der Waals surface area contributed by atoms with Gasteiger partial charge in [0, 0.05) is 6.61 Å². The zero-order chi connectivity index (χ0) is 9.80. The molecular weight excluding hydrogens is 178 g/mol. The van der Waals surface area contributed by atoms with Crippen LogP contribution in [0.25, 0.3) is 0 Å². The highest BCUT2D eigenvalue weighted by Crippen LogP contribution is 2.24. The molecule has 0 amide bonds. The van der Waals surface area contributed by atoms with E-state index < -0.39 is 0 Å². The first-order valence-electron chi connectivity index (χ1n) is 5.22. The lowest BCUT2D eigenvalue weighted by molar-refractivity contribution is 0.0929. The van der Waals surface area contributed by atoms with Crippen LogP contribution < -0.4 is 5.32 Å². The molecule has 0 radical (unpaired) electrons. The standard InChI is InChI=1S/C11H17NO2/c1-12-10(11-5-3-7-14-11)8-9-4-2-6-13-9/h3,5,7,9-10,12H,2,4,6,8H2,1H3. The Hall–Kier alpha value is -0.800. The highest BCUT2D eigenvalue weighted by molar-refractivity contribution is 5.04. The summed E-state index contributed by atoms with van der Waals surface area (Å²) in [4.78, 5) is 0. The summed E-state index contributed by atoms with van der Waals surface area (Å²) in [5.41, 5.74) is 0. The van der Waals surface area contributed by atoms with E-state index >= 15 is 0 Å². The Labute approximate surface area is 84.4 Å². The van der Waals surface area contributed by atoms with Crippen molar-refractivity contribution >= 4 is 0 Å². The van der Waals surface area contributed by atoms with Crippen molar-refractivity contribution in [1.82, 2.24) is 5.32 Å². The third-order valence-corrected chi connectivity index (χ3v) is 2.76. The SMILES string of the molecule is CNC(CC1CCCO1)c1ccco1. The summed E-state index contributed by atoms with van der Waals surface area (Å²) in [5, 5.41) is 3.26. The minimum absolute atomic E-state index is 0.285. The third kappa shape index (κ3) is 2.16. The van der Waals surface area contributed by atoms with Crippen LogP contribution >= 0.6 is 0 Å². The first-order chi connectivity index (χ1) is 6.90. The molecule has 3 nitrogen and oxygen atoms in total. The molecule has 78 valence electrons. The number of hydrogen-bond acceptors (Lipinski definition) is 3. The van der Waals surface area contributed by atoms with E-state index in [-0.39, 0.29) is 6.04 Å². The Bertz CT molecular complexity index is 252. The van der Waals surface area contributed by atoms with E-state index in [0.29, 0.717) is 6.10 Å². The van der Waals surface area contributed by atoms with Gasteiger partial charge in [-0.2, -0.15) is 0 Å². The van der Waals surface area contributed by atoms with Crippen LogP contribution in [0.5, 0.6) is 0 Å². The normalized spacial score (nSPS) is 23.9. The zero-order valence-corrected chi connectivity index (χ0v) is 8.53. The minimum Gasteiger partial charge on any atom is -0.468 e. The van der Waals surface area contributed by atoms with Crippen molar-refractivity contribution in [3.05, 3.63) is 24.2 Å². The summed E-state index contributed by atoms with van der Waals surface area (Å²) in [6.07, 6.45) is 5.50. The molecule has 0 bridgehead atoms. The number of hydrogen-bond donors (Lipinski definition) is 1. The maximum Gasteiger partial charge on any atom is 0.120 e. The van der Waals surface area contributed by atoms with Crippen LogP contribution in [0.15, 0.2) is 22.8 Å². The fraction of sp³-hybridized carbons (Fsp3) is 0.636. The summed E-state index contributed by atoms with van der Waals surface area (Å²) in [5.74, 6) is 1.00. The molecule has 14 heavy (non-hydrogen) atoms. The Kier molecular flexibility index (Phi) is 3.22. The molecule has 1 aromatic rings. The maximum absolute atomic E-state index is 5.60. The van der Waals surface area contributed by atoms with Crippen molar-refractivity contribution in [1.29, 1.82) is 0 Å². The average Bonchev–Trinajstić information content (AvgIpc) is 2.86. The van der Waals surface area contributed by atoms with Gasteiger partial charge < -0.3 is 14.5 Å². The molecule has 0 aromatic carbocycles. The number of nitrogens with one attached hydrogen (secondary N) is 1. The van der Waals surface area contributed by atoms with Gasteiger partial charge in [-0.25, -0.2) is 0 Å². The van der Waals surface area contributed by atoms with E-state index in [4.69, 9.17) is 9.15 Å². The highest BCUT2D eigenvalue weighted by Gasteiger charge is 2.22. The number of furan rings is 1. The van der Waals surface area contributed by atoms with E-state index in [0.717, 1.165) is 18.8 Å². The molecule has 0 saturated carbocycles. The molecule has 1 aliphatic rings. The highest BCUT2D eigenvalue weighted by atomic mass is 16.5. The van der Waals surface area contributed by atoms with Gasteiger partial charge in [-0.1, -0.05) is 0 Å². The van der Waals surface area contributed by atoms with E-state index in [2.05, 4.69) is 5.32 Å². The van der Waals surface area contributed by atoms with E-state index in [1.54, 1.807) is 6.26 Å². The molecule has 2 heterocycles. The van der Waals surface area contributed by atoms with Crippen LogP contribution in [0, 0.1) is 0 Å². The lowest BCUT2D eigenvalue weighted by Crippen LogP contribution is -2.21. The van der Waals surface area contributed by atoms with Gasteiger partial charge in [-0.05, 0) is 38.4 Å². The molecule has 1 aromatic heterocycles. The lowest BCUT2D eigenvalue weighted by Gasteiger charge is -2.17.